The van der Waals surface area contributed by atoms with Gasteiger partial charge in [-0.05, 0) is 36.8 Å². The Kier molecular flexibility index (Phi) is 13.2. The predicted octanol–water partition coefficient (Wildman–Crippen LogP) is 2.65. The molecule has 61 heavy (non-hydrogen) atoms. The van der Waals surface area contributed by atoms with Crippen LogP contribution in [0.25, 0.3) is 0 Å². The number of esters is 1. The number of hydrogen-bond acceptors (Lipinski definition) is 15. The van der Waals surface area contributed by atoms with Crippen LogP contribution >= 0.6 is 33.3 Å². The predicted molar refractivity (Wildman–Crippen MR) is 223 cm³/mol. The Morgan fingerprint density at radius 3 is 2.28 bits per heavy atom. The van der Waals surface area contributed by atoms with Gasteiger partial charge in [-0.3, -0.25) is 24.0 Å². The summed E-state index contributed by atoms with van der Waals surface area (Å²) in [6.07, 6.45) is -1.09. The Labute approximate surface area is 360 Å². The van der Waals surface area contributed by atoms with Crippen molar-refractivity contribution in [2.75, 3.05) is 49.8 Å². The van der Waals surface area contributed by atoms with Gasteiger partial charge in [0.1, 0.15) is 41.6 Å². The van der Waals surface area contributed by atoms with Crippen molar-refractivity contribution in [3.63, 3.8) is 0 Å². The van der Waals surface area contributed by atoms with Gasteiger partial charge in [0.15, 0.2) is 5.60 Å². The van der Waals surface area contributed by atoms with Crippen molar-refractivity contribution in [1.82, 2.24) is 20.4 Å². The second-order valence-corrected chi connectivity index (χ2v) is 17.9. The molecule has 322 valence electrons. The summed E-state index contributed by atoms with van der Waals surface area (Å²) >= 11 is 1.06. The van der Waals surface area contributed by atoms with Crippen molar-refractivity contribution in [3.05, 3.63) is 82.9 Å². The lowest BCUT2D eigenvalue weighted by molar-refractivity contribution is -0.139. The summed E-state index contributed by atoms with van der Waals surface area (Å²) in [6.45, 7) is -0.328. The summed E-state index contributed by atoms with van der Waals surface area (Å²) in [4.78, 5) is 91.6. The Hall–Kier alpha value is -5.64. The molecule has 2 fully saturated rings. The first-order valence-corrected chi connectivity index (χ1v) is 22.7. The van der Waals surface area contributed by atoms with Gasteiger partial charge in [-0.2, -0.15) is 0 Å². The molecule has 6 N–H and O–H groups in total. The first-order valence-electron chi connectivity index (χ1n) is 19.0. The van der Waals surface area contributed by atoms with Crippen molar-refractivity contribution < 1.29 is 62.7 Å². The van der Waals surface area contributed by atoms with E-state index in [2.05, 4.69) is 10.6 Å². The molecule has 0 saturated carbocycles. The number of hydrogen-bond donors (Lipinski definition) is 5. The van der Waals surface area contributed by atoms with Gasteiger partial charge < -0.3 is 55.3 Å². The van der Waals surface area contributed by atoms with Gasteiger partial charge in [-0.15, -0.1) is 11.8 Å². The van der Waals surface area contributed by atoms with Crippen molar-refractivity contribution in [1.29, 1.82) is 0 Å². The van der Waals surface area contributed by atoms with Crippen LogP contribution in [0, 0.1) is 0 Å². The zero-order valence-corrected chi connectivity index (χ0v) is 35.0. The molecule has 18 nitrogen and oxygen atoms in total. The van der Waals surface area contributed by atoms with Crippen molar-refractivity contribution in [2.45, 2.75) is 42.6 Å². The SMILES string of the molecule is COc1ccc2c(c1)Oc1cc(OC(=O)N3CCN(C(=O)CSCC(NC(=O)CCC(N)C(=O)O)C(=O)NCC(=O)O)[C@@H]4CSSC[C@@H]43)ccc1C21OC(=O)c2ccccc21. The van der Waals surface area contributed by atoms with Gasteiger partial charge >= 0.3 is 24.0 Å². The molecule has 4 amide bonds. The second kappa shape index (κ2) is 18.5. The number of aliphatic carboxylic acids is 2. The van der Waals surface area contributed by atoms with E-state index < -0.39 is 66.1 Å². The number of ether oxygens (including phenoxy) is 4. The zero-order valence-electron chi connectivity index (χ0n) is 32.5. The Morgan fingerprint density at radius 1 is 0.934 bits per heavy atom. The highest BCUT2D eigenvalue weighted by Crippen LogP contribution is 2.57. The first kappa shape index (κ1) is 43.4. The van der Waals surface area contributed by atoms with Gasteiger partial charge in [0.2, 0.25) is 17.7 Å². The summed E-state index contributed by atoms with van der Waals surface area (Å²) < 4.78 is 24.0. The number of nitrogens with two attached hydrogens (primary N) is 1. The highest BCUT2D eigenvalue weighted by atomic mass is 33.1. The third kappa shape index (κ3) is 9.05. The Balaban J connectivity index is 1.02. The highest BCUT2D eigenvalue weighted by molar-refractivity contribution is 8.76. The van der Waals surface area contributed by atoms with E-state index in [1.54, 1.807) is 79.9 Å². The molecule has 0 radical (unpaired) electrons. The lowest BCUT2D eigenvalue weighted by atomic mass is 9.77. The molecule has 1 spiro atoms. The third-order valence-corrected chi connectivity index (χ3v) is 14.1. The maximum atomic E-state index is 13.9. The van der Waals surface area contributed by atoms with Crippen LogP contribution in [-0.2, 0) is 34.3 Å². The van der Waals surface area contributed by atoms with Crippen molar-refractivity contribution in [2.24, 2.45) is 5.73 Å². The lowest BCUT2D eigenvalue weighted by Gasteiger charge is -2.48. The van der Waals surface area contributed by atoms with E-state index in [0.717, 1.165) is 11.8 Å². The number of nitrogens with one attached hydrogen (secondary N) is 2. The number of fused-ring (bicyclic) bond motifs is 7. The molecule has 3 aromatic rings. The fraction of sp³-hybridized carbons (Fsp3) is 0.375. The number of carbonyl (C=O) groups is 7. The largest absolute Gasteiger partial charge is 0.497 e. The van der Waals surface area contributed by atoms with Crippen LogP contribution in [-0.4, -0.2) is 136 Å². The van der Waals surface area contributed by atoms with E-state index >= 15 is 0 Å². The molecule has 21 heteroatoms. The Bertz CT molecular complexity index is 2260. The van der Waals surface area contributed by atoms with Crippen molar-refractivity contribution in [3.8, 4) is 23.0 Å². The van der Waals surface area contributed by atoms with Gasteiger partial charge in [0, 0.05) is 65.6 Å². The molecule has 7 rings (SSSR count). The molecule has 5 atom stereocenters. The van der Waals surface area contributed by atoms with Crippen LogP contribution in [0.4, 0.5) is 4.79 Å². The topological polar surface area (TPSA) is 253 Å². The zero-order chi connectivity index (χ0) is 43.4. The lowest BCUT2D eigenvalue weighted by Crippen LogP contribution is -2.65. The van der Waals surface area contributed by atoms with Crippen molar-refractivity contribution >= 4 is 75.1 Å². The number of benzene rings is 3. The average molecular weight is 896 g/mol. The van der Waals surface area contributed by atoms with Gasteiger partial charge in [0.25, 0.3) is 0 Å². The third-order valence-electron chi connectivity index (χ3n) is 10.6. The molecule has 3 aromatic carbocycles. The quantitative estimate of drug-likeness (QED) is 0.115. The van der Waals surface area contributed by atoms with E-state index in [-0.39, 0.29) is 55.1 Å². The van der Waals surface area contributed by atoms with Gasteiger partial charge in [0.05, 0.1) is 30.5 Å². The van der Waals surface area contributed by atoms with E-state index in [9.17, 15) is 33.6 Å². The smallest absolute Gasteiger partial charge is 0.415 e. The minimum Gasteiger partial charge on any atom is -0.497 e. The molecule has 4 heterocycles. The monoisotopic (exact) mass is 895 g/mol. The number of nitrogens with zero attached hydrogens (tertiary/aromatic N) is 2. The van der Waals surface area contributed by atoms with Crippen LogP contribution in [0.3, 0.4) is 0 Å². The van der Waals surface area contributed by atoms with E-state index in [0.29, 0.717) is 51.0 Å². The number of amides is 4. The van der Waals surface area contributed by atoms with Crippen LogP contribution < -0.4 is 30.6 Å². The number of carbonyl (C=O) groups excluding carboxylic acids is 5. The molecule has 0 bridgehead atoms. The number of methoxy groups -OCH3 is 1. The molecule has 0 aromatic heterocycles. The van der Waals surface area contributed by atoms with Gasteiger partial charge in [-0.25, -0.2) is 9.59 Å². The fourth-order valence-corrected chi connectivity index (χ4v) is 11.2. The normalized spacial score (nSPS) is 20.7. The number of rotatable bonds is 14. The number of carboxylic acids is 2. The summed E-state index contributed by atoms with van der Waals surface area (Å²) in [5, 5.41) is 22.7. The first-order chi connectivity index (χ1) is 29.3. The summed E-state index contributed by atoms with van der Waals surface area (Å²) in [7, 11) is 4.68. The maximum Gasteiger partial charge on any atom is 0.415 e. The molecule has 0 aliphatic carbocycles. The Morgan fingerprint density at radius 2 is 1.59 bits per heavy atom. The van der Waals surface area contributed by atoms with Crippen LogP contribution in [0.2, 0.25) is 0 Å². The minimum atomic E-state index is -1.32. The second-order valence-electron chi connectivity index (χ2n) is 14.3. The molecule has 4 aliphatic heterocycles. The van der Waals surface area contributed by atoms with Gasteiger partial charge in [-0.1, -0.05) is 39.8 Å². The maximum absolute atomic E-state index is 13.9. The minimum absolute atomic E-state index is 0.0840. The summed E-state index contributed by atoms with van der Waals surface area (Å²) in [5.41, 5.74) is 6.38. The van der Waals surface area contributed by atoms with E-state index in [1.807, 2.05) is 12.1 Å². The van der Waals surface area contributed by atoms with Crippen LogP contribution in [0.5, 0.6) is 23.0 Å². The number of piperazine rings is 1. The van der Waals surface area contributed by atoms with Crippen LogP contribution in [0.15, 0.2) is 60.7 Å². The molecular formula is C40H41N5O13S3. The number of thioether (sulfide) groups is 1. The molecule has 4 aliphatic rings. The highest BCUT2D eigenvalue weighted by Gasteiger charge is 2.54. The average Bonchev–Trinajstić information content (AvgIpc) is 3.55. The fourth-order valence-electron chi connectivity index (χ4n) is 7.62. The molecular weight excluding hydrogens is 855 g/mol. The molecule has 3 unspecified atom stereocenters. The van der Waals surface area contributed by atoms with E-state index in [4.69, 9.17) is 34.9 Å². The van der Waals surface area contributed by atoms with Crippen LogP contribution in [0.1, 0.15) is 39.9 Å². The summed E-state index contributed by atoms with van der Waals surface area (Å²) in [6, 6.07) is 14.1. The van der Waals surface area contributed by atoms with E-state index in [1.165, 1.54) is 7.11 Å². The standard InChI is InChI=1S/C40H41N5O13S3/c1-55-21-6-8-25-31(14-21)57-32-15-22(7-9-26(32)40(25)24-5-3-2-4-23(24)38(53)58-40)56-39(54)45-13-12-44(29-18-60-61-19-30(29)45)34(47)20-59-17-28(36(50)42-16-35(48)49)43-33(46)11-10-27(41)37(51)52/h2-9,14-15,27-30H,10-13,16-20,41H2,1H3,(H,42,50)(H,43,46)(H,48,49)(H,51,52)/t27?,28?,29-,30+,40?/m1/s1. The molecule has 2 saturated heterocycles. The number of carboxylic acid groups (broad SMARTS) is 2. The summed E-state index contributed by atoms with van der Waals surface area (Å²) in [5.74, 6) is -2.46.